The topological polar surface area (TPSA) is 142 Å². The van der Waals surface area contributed by atoms with E-state index in [-0.39, 0.29) is 11.9 Å². The average Bonchev–Trinajstić information content (AvgIpc) is 3.01. The third-order valence-corrected chi connectivity index (χ3v) is 4.65. The van der Waals surface area contributed by atoms with Crippen molar-refractivity contribution in [1.82, 2.24) is 0 Å². The van der Waals surface area contributed by atoms with Gasteiger partial charge < -0.3 is 27.4 Å². The molecule has 7 heteroatoms. The van der Waals surface area contributed by atoms with E-state index < -0.39 is 0 Å². The highest BCUT2D eigenvalue weighted by Crippen LogP contribution is 2.37. The summed E-state index contributed by atoms with van der Waals surface area (Å²) in [6.07, 6.45) is 0. The van der Waals surface area contributed by atoms with Gasteiger partial charge >= 0.3 is 0 Å². The zero-order valence-electron chi connectivity index (χ0n) is 17.1. The Kier molecular flexibility index (Phi) is 5.32. The molecule has 0 amide bonds. The lowest BCUT2D eigenvalue weighted by Gasteiger charge is -2.11. The van der Waals surface area contributed by atoms with Crippen molar-refractivity contribution < 1.29 is 4.42 Å². The summed E-state index contributed by atoms with van der Waals surface area (Å²) < 4.78 is 6.25. The highest BCUT2D eigenvalue weighted by molar-refractivity contribution is 5.81. The summed E-state index contributed by atoms with van der Waals surface area (Å²) in [5, 5.41) is 0. The summed E-state index contributed by atoms with van der Waals surface area (Å²) in [5.74, 6) is 1.65. The Morgan fingerprint density at radius 3 is 1.21 bits per heavy atom. The van der Waals surface area contributed by atoms with Crippen molar-refractivity contribution in [2.45, 2.75) is 27.7 Å². The fourth-order valence-electron chi connectivity index (χ4n) is 3.69. The lowest BCUT2D eigenvalue weighted by molar-refractivity contribution is 0.595. The van der Waals surface area contributed by atoms with Crippen molar-refractivity contribution in [3.63, 3.8) is 0 Å². The molecule has 3 aromatic rings. The van der Waals surface area contributed by atoms with Crippen LogP contribution in [0.25, 0.3) is 22.6 Å². The molecular weight excluding hydrogens is 364 g/mol. The van der Waals surface area contributed by atoms with Crippen molar-refractivity contribution in [2.75, 3.05) is 0 Å². The second kappa shape index (κ2) is 7.71. The van der Waals surface area contributed by atoms with Gasteiger partial charge in [-0.1, -0.05) is 0 Å². The average molecular weight is 390 g/mol. The third-order valence-electron chi connectivity index (χ3n) is 4.65. The Labute approximate surface area is 170 Å². The second-order valence-electron chi connectivity index (χ2n) is 7.15. The first-order chi connectivity index (χ1) is 13.7. The number of aryl methyl sites for hydroxylation is 4. The summed E-state index contributed by atoms with van der Waals surface area (Å²) in [6, 6.07) is 11.7. The molecule has 7 nitrogen and oxygen atoms in total. The maximum atomic E-state index is 6.25. The van der Waals surface area contributed by atoms with Crippen molar-refractivity contribution in [3.8, 4) is 22.6 Å². The molecule has 3 rings (SSSR count). The van der Waals surface area contributed by atoms with Crippen LogP contribution in [0, 0.1) is 27.7 Å². The molecule has 0 aliphatic rings. The van der Waals surface area contributed by atoms with Crippen LogP contribution in [-0.2, 0) is 0 Å². The predicted octanol–water partition coefficient (Wildman–Crippen LogP) is 3.66. The number of nitrogens with zero attached hydrogens (tertiary/aromatic N) is 2. The first kappa shape index (κ1) is 20.0. The Bertz CT molecular complexity index is 998. The first-order valence-corrected chi connectivity index (χ1v) is 9.18. The van der Waals surface area contributed by atoms with Gasteiger partial charge in [0.1, 0.15) is 11.5 Å². The molecule has 1 heterocycles. The molecule has 2 aromatic carbocycles. The molecular formula is C22H26N6O. The highest BCUT2D eigenvalue weighted by atomic mass is 16.3. The van der Waals surface area contributed by atoms with E-state index in [4.69, 9.17) is 27.4 Å². The van der Waals surface area contributed by atoms with Gasteiger partial charge in [-0.2, -0.15) is 0 Å². The van der Waals surface area contributed by atoms with E-state index in [1.807, 2.05) is 64.1 Å². The SMILES string of the molecule is Cc1cc(N=C(N)N)cc(C)c1-c1ccc(-c2c(C)cc(N=C(N)N)cc2C)o1. The normalized spacial score (nSPS) is 10.6. The highest BCUT2D eigenvalue weighted by Gasteiger charge is 2.16. The quantitative estimate of drug-likeness (QED) is 0.397. The number of rotatable bonds is 4. The van der Waals surface area contributed by atoms with Crippen molar-refractivity contribution in [1.29, 1.82) is 0 Å². The maximum Gasteiger partial charge on any atom is 0.191 e. The smallest absolute Gasteiger partial charge is 0.191 e. The van der Waals surface area contributed by atoms with Gasteiger partial charge in [0, 0.05) is 11.1 Å². The van der Waals surface area contributed by atoms with Crippen LogP contribution in [0.3, 0.4) is 0 Å². The maximum absolute atomic E-state index is 6.25. The number of furan rings is 1. The second-order valence-corrected chi connectivity index (χ2v) is 7.15. The molecule has 0 saturated carbocycles. The number of hydrogen-bond donors (Lipinski definition) is 4. The van der Waals surface area contributed by atoms with Gasteiger partial charge in [-0.3, -0.25) is 0 Å². The summed E-state index contributed by atoms with van der Waals surface area (Å²) in [5.41, 5.74) is 29.6. The van der Waals surface area contributed by atoms with Crippen LogP contribution in [0.1, 0.15) is 22.3 Å². The molecule has 0 atom stereocenters. The Morgan fingerprint density at radius 1 is 0.621 bits per heavy atom. The van der Waals surface area contributed by atoms with Gasteiger partial charge in [0.25, 0.3) is 0 Å². The number of guanidine groups is 2. The molecule has 0 fully saturated rings. The molecule has 8 N–H and O–H groups in total. The van der Waals surface area contributed by atoms with Crippen LogP contribution < -0.4 is 22.9 Å². The molecule has 0 aliphatic carbocycles. The van der Waals surface area contributed by atoms with E-state index in [0.717, 1.165) is 56.3 Å². The predicted molar refractivity (Wildman–Crippen MR) is 119 cm³/mol. The van der Waals surface area contributed by atoms with Crippen LogP contribution in [-0.4, -0.2) is 11.9 Å². The largest absolute Gasteiger partial charge is 0.456 e. The molecule has 0 spiro atoms. The van der Waals surface area contributed by atoms with E-state index in [0.29, 0.717) is 0 Å². The van der Waals surface area contributed by atoms with E-state index >= 15 is 0 Å². The van der Waals surface area contributed by atoms with Gasteiger partial charge in [0.15, 0.2) is 11.9 Å². The van der Waals surface area contributed by atoms with E-state index in [9.17, 15) is 0 Å². The van der Waals surface area contributed by atoms with Crippen LogP contribution in [0.2, 0.25) is 0 Å². The number of nitrogens with two attached hydrogens (primary N) is 4. The monoisotopic (exact) mass is 390 g/mol. The van der Waals surface area contributed by atoms with Crippen molar-refractivity contribution >= 4 is 23.3 Å². The lowest BCUT2D eigenvalue weighted by atomic mass is 9.99. The van der Waals surface area contributed by atoms with Gasteiger partial charge in [0.2, 0.25) is 0 Å². The van der Waals surface area contributed by atoms with Crippen LogP contribution >= 0.6 is 0 Å². The number of aliphatic imine (C=N–C) groups is 2. The molecule has 0 saturated heterocycles. The minimum absolute atomic E-state index is 0.0342. The molecule has 0 radical (unpaired) electrons. The molecule has 1 aromatic heterocycles. The van der Waals surface area contributed by atoms with Crippen LogP contribution in [0.15, 0.2) is 50.8 Å². The lowest BCUT2D eigenvalue weighted by Crippen LogP contribution is -2.21. The molecule has 0 unspecified atom stereocenters. The van der Waals surface area contributed by atoms with Gasteiger partial charge in [-0.05, 0) is 86.3 Å². The van der Waals surface area contributed by atoms with Crippen molar-refractivity contribution in [3.05, 3.63) is 58.7 Å². The van der Waals surface area contributed by atoms with Gasteiger partial charge in [0.05, 0.1) is 11.4 Å². The Morgan fingerprint density at radius 2 is 0.931 bits per heavy atom. The van der Waals surface area contributed by atoms with Crippen molar-refractivity contribution in [2.24, 2.45) is 32.9 Å². The summed E-state index contributed by atoms with van der Waals surface area (Å²) in [4.78, 5) is 8.27. The van der Waals surface area contributed by atoms with Gasteiger partial charge in [-0.25, -0.2) is 9.98 Å². The van der Waals surface area contributed by atoms with Crippen LogP contribution in [0.5, 0.6) is 0 Å². The van der Waals surface area contributed by atoms with Crippen LogP contribution in [0.4, 0.5) is 11.4 Å². The summed E-state index contributed by atoms with van der Waals surface area (Å²) in [6.45, 7) is 8.04. The zero-order chi connectivity index (χ0) is 21.3. The minimum atomic E-state index is 0.0342. The molecule has 0 aliphatic heterocycles. The van der Waals surface area contributed by atoms with E-state index in [2.05, 4.69) is 9.98 Å². The summed E-state index contributed by atoms with van der Waals surface area (Å²) >= 11 is 0. The molecule has 150 valence electrons. The van der Waals surface area contributed by atoms with E-state index in [1.54, 1.807) is 0 Å². The minimum Gasteiger partial charge on any atom is -0.456 e. The zero-order valence-corrected chi connectivity index (χ0v) is 17.1. The third kappa shape index (κ3) is 4.24. The molecule has 0 bridgehead atoms. The van der Waals surface area contributed by atoms with Gasteiger partial charge in [-0.15, -0.1) is 0 Å². The number of benzene rings is 2. The fraction of sp³-hybridized carbons (Fsp3) is 0.182. The fourth-order valence-corrected chi connectivity index (χ4v) is 3.69. The summed E-state index contributed by atoms with van der Waals surface area (Å²) in [7, 11) is 0. The van der Waals surface area contributed by atoms with E-state index in [1.165, 1.54) is 0 Å². The first-order valence-electron chi connectivity index (χ1n) is 9.18. The Balaban J connectivity index is 2.05. The number of hydrogen-bond acceptors (Lipinski definition) is 3. The molecule has 29 heavy (non-hydrogen) atoms. The standard InChI is InChI=1S/C22H26N6O/c1-11-7-15(27-21(23)24)8-12(2)19(11)17-5-6-18(29-17)20-13(3)9-16(10-14(20)4)28-22(25)26/h5-10H,1-4H3,(H4,23,24,27)(H4,25,26,28). The Hall–Kier alpha value is -3.74.